The summed E-state index contributed by atoms with van der Waals surface area (Å²) in [6, 6.07) is 2.49. The Morgan fingerprint density at radius 1 is 1.25 bits per heavy atom. The summed E-state index contributed by atoms with van der Waals surface area (Å²) in [5, 5.41) is 4.65. The van der Waals surface area contributed by atoms with Crippen molar-refractivity contribution in [1.82, 2.24) is 25.2 Å². The molecule has 0 aromatic carbocycles. The van der Waals surface area contributed by atoms with Gasteiger partial charge in [0, 0.05) is 30.6 Å². The summed E-state index contributed by atoms with van der Waals surface area (Å²) in [4.78, 5) is 8.05. The maximum Gasteiger partial charge on any atom is 0.115 e. The van der Waals surface area contributed by atoms with Crippen molar-refractivity contribution >= 4 is 0 Å². The Morgan fingerprint density at radius 3 is 2.55 bits per heavy atom. The Bertz CT molecular complexity index is 505. The van der Waals surface area contributed by atoms with E-state index in [1.807, 2.05) is 16.9 Å². The van der Waals surface area contributed by atoms with E-state index < -0.39 is 0 Å². The standard InChI is InChI=1S/C14H22N6/c1-3-13(4-2)20-6-5-12(19-20)7-14(18-15)11-8-16-10-17-9-11/h5-6,8-10,13-14,18H,3-4,7,15H2,1-2H3. The second-order valence-electron chi connectivity index (χ2n) is 4.85. The number of aromatic nitrogens is 4. The van der Waals surface area contributed by atoms with Crippen molar-refractivity contribution < 1.29 is 0 Å². The largest absolute Gasteiger partial charge is 0.271 e. The molecule has 3 N–H and O–H groups in total. The molecular weight excluding hydrogens is 252 g/mol. The molecule has 0 fully saturated rings. The monoisotopic (exact) mass is 274 g/mol. The highest BCUT2D eigenvalue weighted by molar-refractivity contribution is 5.13. The SMILES string of the molecule is CCC(CC)n1ccc(CC(NN)c2cncnc2)n1. The molecule has 0 amide bonds. The molecule has 6 nitrogen and oxygen atoms in total. The predicted octanol–water partition coefficient (Wildman–Crippen LogP) is 1.78. The van der Waals surface area contributed by atoms with E-state index in [1.165, 1.54) is 6.33 Å². The van der Waals surface area contributed by atoms with Gasteiger partial charge >= 0.3 is 0 Å². The van der Waals surface area contributed by atoms with Crippen LogP contribution in [0, 0.1) is 0 Å². The second-order valence-corrected chi connectivity index (χ2v) is 4.85. The van der Waals surface area contributed by atoms with E-state index in [1.54, 1.807) is 12.4 Å². The maximum atomic E-state index is 5.63. The molecular formula is C14H22N6. The summed E-state index contributed by atoms with van der Waals surface area (Å²) in [5.41, 5.74) is 4.79. The molecule has 2 aromatic heterocycles. The summed E-state index contributed by atoms with van der Waals surface area (Å²) in [6.45, 7) is 4.36. The van der Waals surface area contributed by atoms with Crippen molar-refractivity contribution in [2.24, 2.45) is 5.84 Å². The third kappa shape index (κ3) is 3.40. The van der Waals surface area contributed by atoms with Gasteiger partial charge in [0.05, 0.1) is 17.8 Å². The lowest BCUT2D eigenvalue weighted by molar-refractivity contribution is 0.422. The Kier molecular flexibility index (Phi) is 5.20. The lowest BCUT2D eigenvalue weighted by Gasteiger charge is -2.15. The first kappa shape index (κ1) is 14.6. The Balaban J connectivity index is 2.09. The van der Waals surface area contributed by atoms with Crippen molar-refractivity contribution in [3.05, 3.63) is 42.2 Å². The van der Waals surface area contributed by atoms with E-state index >= 15 is 0 Å². The predicted molar refractivity (Wildman–Crippen MR) is 77.6 cm³/mol. The number of hydrogen-bond donors (Lipinski definition) is 2. The fourth-order valence-electron chi connectivity index (χ4n) is 2.33. The minimum atomic E-state index is -0.0266. The second kappa shape index (κ2) is 7.12. The van der Waals surface area contributed by atoms with Gasteiger partial charge in [0.2, 0.25) is 0 Å². The van der Waals surface area contributed by atoms with Crippen LogP contribution in [0.2, 0.25) is 0 Å². The Labute approximate surface area is 119 Å². The Hall–Kier alpha value is -1.79. The summed E-state index contributed by atoms with van der Waals surface area (Å²) in [5.74, 6) is 5.63. The molecule has 20 heavy (non-hydrogen) atoms. The van der Waals surface area contributed by atoms with Gasteiger partial charge in [-0.2, -0.15) is 5.10 Å². The summed E-state index contributed by atoms with van der Waals surface area (Å²) >= 11 is 0. The Morgan fingerprint density at radius 2 is 1.95 bits per heavy atom. The highest BCUT2D eigenvalue weighted by Gasteiger charge is 2.14. The fourth-order valence-corrected chi connectivity index (χ4v) is 2.33. The molecule has 0 saturated carbocycles. The quantitative estimate of drug-likeness (QED) is 0.594. The number of rotatable bonds is 7. The molecule has 2 heterocycles. The van der Waals surface area contributed by atoms with Gasteiger partial charge in [-0.05, 0) is 18.9 Å². The molecule has 2 rings (SSSR count). The highest BCUT2D eigenvalue weighted by Crippen LogP contribution is 2.18. The first-order chi connectivity index (χ1) is 9.78. The van der Waals surface area contributed by atoms with Gasteiger partial charge in [-0.3, -0.25) is 16.0 Å². The van der Waals surface area contributed by atoms with Crippen LogP contribution < -0.4 is 11.3 Å². The van der Waals surface area contributed by atoms with Crippen LogP contribution in [-0.4, -0.2) is 19.7 Å². The fraction of sp³-hybridized carbons (Fsp3) is 0.500. The van der Waals surface area contributed by atoms with Crippen molar-refractivity contribution in [1.29, 1.82) is 0 Å². The molecule has 1 atom stereocenters. The molecule has 0 aliphatic heterocycles. The van der Waals surface area contributed by atoms with E-state index in [0.29, 0.717) is 6.04 Å². The van der Waals surface area contributed by atoms with Crippen molar-refractivity contribution in [2.75, 3.05) is 0 Å². The number of hydrogen-bond acceptors (Lipinski definition) is 5. The molecule has 0 bridgehead atoms. The number of nitrogens with two attached hydrogens (primary N) is 1. The summed E-state index contributed by atoms with van der Waals surface area (Å²) in [7, 11) is 0. The summed E-state index contributed by atoms with van der Waals surface area (Å²) in [6.07, 6.45) is 9.99. The lowest BCUT2D eigenvalue weighted by Crippen LogP contribution is -2.30. The van der Waals surface area contributed by atoms with E-state index in [0.717, 1.165) is 30.5 Å². The molecule has 6 heteroatoms. The molecule has 0 saturated heterocycles. The van der Waals surface area contributed by atoms with Gasteiger partial charge in [0.25, 0.3) is 0 Å². The van der Waals surface area contributed by atoms with Gasteiger partial charge in [-0.15, -0.1) is 0 Å². The van der Waals surface area contributed by atoms with Crippen LogP contribution in [0.4, 0.5) is 0 Å². The third-order valence-electron chi connectivity index (χ3n) is 3.58. The molecule has 0 aliphatic rings. The zero-order valence-corrected chi connectivity index (χ0v) is 12.0. The molecule has 0 aliphatic carbocycles. The van der Waals surface area contributed by atoms with E-state index in [2.05, 4.69) is 34.3 Å². The number of nitrogens with one attached hydrogen (secondary N) is 1. The lowest BCUT2D eigenvalue weighted by atomic mass is 10.1. The van der Waals surface area contributed by atoms with Crippen molar-refractivity contribution in [2.45, 2.75) is 45.2 Å². The molecule has 0 spiro atoms. The van der Waals surface area contributed by atoms with Gasteiger partial charge in [0.1, 0.15) is 6.33 Å². The molecule has 2 aromatic rings. The van der Waals surface area contributed by atoms with Crippen LogP contribution >= 0.6 is 0 Å². The molecule has 0 radical (unpaired) electrons. The number of nitrogens with zero attached hydrogens (tertiary/aromatic N) is 4. The zero-order chi connectivity index (χ0) is 14.4. The number of hydrazine groups is 1. The van der Waals surface area contributed by atoms with Crippen molar-refractivity contribution in [3.8, 4) is 0 Å². The van der Waals surface area contributed by atoms with Crippen LogP contribution in [0.25, 0.3) is 0 Å². The zero-order valence-electron chi connectivity index (χ0n) is 12.0. The van der Waals surface area contributed by atoms with Crippen LogP contribution in [0.15, 0.2) is 31.0 Å². The van der Waals surface area contributed by atoms with Gasteiger partial charge in [-0.25, -0.2) is 9.97 Å². The smallest absolute Gasteiger partial charge is 0.115 e. The van der Waals surface area contributed by atoms with E-state index in [9.17, 15) is 0 Å². The van der Waals surface area contributed by atoms with Crippen LogP contribution in [0.1, 0.15) is 50.0 Å². The normalized spacial score (nSPS) is 12.8. The van der Waals surface area contributed by atoms with Gasteiger partial charge in [0.15, 0.2) is 0 Å². The van der Waals surface area contributed by atoms with Crippen LogP contribution in [0.3, 0.4) is 0 Å². The first-order valence-electron chi connectivity index (χ1n) is 7.03. The third-order valence-corrected chi connectivity index (χ3v) is 3.58. The maximum absolute atomic E-state index is 5.63. The molecule has 1 unspecified atom stereocenters. The van der Waals surface area contributed by atoms with Gasteiger partial charge in [-0.1, -0.05) is 13.8 Å². The minimum absolute atomic E-state index is 0.0266. The van der Waals surface area contributed by atoms with Gasteiger partial charge < -0.3 is 0 Å². The minimum Gasteiger partial charge on any atom is -0.271 e. The van der Waals surface area contributed by atoms with E-state index in [-0.39, 0.29) is 6.04 Å². The topological polar surface area (TPSA) is 81.7 Å². The van der Waals surface area contributed by atoms with E-state index in [4.69, 9.17) is 5.84 Å². The van der Waals surface area contributed by atoms with Crippen molar-refractivity contribution in [3.63, 3.8) is 0 Å². The van der Waals surface area contributed by atoms with Crippen LogP contribution in [-0.2, 0) is 6.42 Å². The summed E-state index contributed by atoms with van der Waals surface area (Å²) < 4.78 is 2.05. The van der Waals surface area contributed by atoms with Crippen LogP contribution in [0.5, 0.6) is 0 Å². The first-order valence-corrected chi connectivity index (χ1v) is 7.03. The molecule has 108 valence electrons. The average molecular weight is 274 g/mol. The highest BCUT2D eigenvalue weighted by atomic mass is 15.3. The average Bonchev–Trinajstić information content (AvgIpc) is 2.95.